The number of hydrogen-bond acceptors (Lipinski definition) is 5. The molecule has 1 atom stereocenters. The fourth-order valence-corrected chi connectivity index (χ4v) is 2.04. The smallest absolute Gasteiger partial charge is 0.308 e. The molecule has 21 heavy (non-hydrogen) atoms. The van der Waals surface area contributed by atoms with Gasteiger partial charge in [0.2, 0.25) is 0 Å². The highest BCUT2D eigenvalue weighted by Gasteiger charge is 2.17. The number of rotatable bonds is 8. The van der Waals surface area contributed by atoms with E-state index in [1.54, 1.807) is 17.5 Å². The molecule has 0 aliphatic rings. The van der Waals surface area contributed by atoms with E-state index in [1.807, 2.05) is 0 Å². The van der Waals surface area contributed by atoms with Crippen molar-refractivity contribution < 1.29 is 19.1 Å². The second kappa shape index (κ2) is 8.91. The van der Waals surface area contributed by atoms with E-state index < -0.39 is 12.1 Å². The standard InChI is InChI=1S/C14H18N2O4S/c1-3-7-15-13(18)10(2)20-12(17)6-8-16-14(19)11-5-4-9-21-11/h3-5,9-10H,1,6-8H2,2H3,(H,15,18)(H,16,19). The maximum atomic E-state index is 11.6. The third kappa shape index (κ3) is 6.22. The lowest BCUT2D eigenvalue weighted by Crippen LogP contribution is -2.36. The fourth-order valence-electron chi connectivity index (χ4n) is 1.40. The first-order valence-electron chi connectivity index (χ1n) is 6.44. The van der Waals surface area contributed by atoms with Crippen LogP contribution in [0.15, 0.2) is 30.2 Å². The van der Waals surface area contributed by atoms with Gasteiger partial charge in [-0.1, -0.05) is 12.1 Å². The summed E-state index contributed by atoms with van der Waals surface area (Å²) in [6.45, 7) is 5.44. The van der Waals surface area contributed by atoms with Gasteiger partial charge in [0.15, 0.2) is 6.10 Å². The Hall–Kier alpha value is -2.15. The minimum atomic E-state index is -0.870. The van der Waals surface area contributed by atoms with Gasteiger partial charge in [-0.15, -0.1) is 17.9 Å². The van der Waals surface area contributed by atoms with Gasteiger partial charge in [0, 0.05) is 13.1 Å². The molecule has 114 valence electrons. The van der Waals surface area contributed by atoms with Crippen molar-refractivity contribution in [3.8, 4) is 0 Å². The van der Waals surface area contributed by atoms with E-state index in [4.69, 9.17) is 4.74 Å². The zero-order valence-electron chi connectivity index (χ0n) is 11.8. The van der Waals surface area contributed by atoms with Gasteiger partial charge in [-0.3, -0.25) is 14.4 Å². The van der Waals surface area contributed by atoms with Crippen molar-refractivity contribution in [2.24, 2.45) is 0 Å². The predicted octanol–water partition coefficient (Wildman–Crippen LogP) is 1.10. The quantitative estimate of drug-likeness (QED) is 0.556. The van der Waals surface area contributed by atoms with Crippen LogP contribution < -0.4 is 10.6 Å². The highest BCUT2D eigenvalue weighted by molar-refractivity contribution is 7.12. The van der Waals surface area contributed by atoms with Gasteiger partial charge in [-0.25, -0.2) is 0 Å². The second-order valence-electron chi connectivity index (χ2n) is 4.15. The third-order valence-corrected chi connectivity index (χ3v) is 3.33. The van der Waals surface area contributed by atoms with E-state index in [-0.39, 0.29) is 24.8 Å². The molecule has 0 bridgehead atoms. The molecule has 0 fully saturated rings. The van der Waals surface area contributed by atoms with Crippen LogP contribution in [0.5, 0.6) is 0 Å². The van der Waals surface area contributed by atoms with Gasteiger partial charge in [-0.2, -0.15) is 0 Å². The molecule has 0 saturated heterocycles. The largest absolute Gasteiger partial charge is 0.452 e. The van der Waals surface area contributed by atoms with E-state index in [2.05, 4.69) is 17.2 Å². The van der Waals surface area contributed by atoms with Crippen LogP contribution in [0.4, 0.5) is 0 Å². The monoisotopic (exact) mass is 310 g/mol. The summed E-state index contributed by atoms with van der Waals surface area (Å²) in [5, 5.41) is 6.94. The number of ether oxygens (including phenoxy) is 1. The van der Waals surface area contributed by atoms with Crippen molar-refractivity contribution in [2.45, 2.75) is 19.4 Å². The van der Waals surface area contributed by atoms with Gasteiger partial charge in [0.25, 0.3) is 11.8 Å². The van der Waals surface area contributed by atoms with E-state index in [0.29, 0.717) is 11.4 Å². The molecule has 1 aromatic rings. The van der Waals surface area contributed by atoms with Crippen LogP contribution in [-0.4, -0.2) is 37.0 Å². The number of thiophene rings is 1. The molecule has 2 N–H and O–H groups in total. The Morgan fingerprint density at radius 1 is 1.43 bits per heavy atom. The van der Waals surface area contributed by atoms with Gasteiger partial charge in [0.05, 0.1) is 11.3 Å². The van der Waals surface area contributed by atoms with Crippen LogP contribution in [-0.2, 0) is 14.3 Å². The molecule has 6 nitrogen and oxygen atoms in total. The van der Waals surface area contributed by atoms with Crippen LogP contribution in [0, 0.1) is 0 Å². The molecule has 0 aliphatic carbocycles. The van der Waals surface area contributed by atoms with E-state index in [0.717, 1.165) is 0 Å². The highest BCUT2D eigenvalue weighted by Crippen LogP contribution is 2.07. The molecular weight excluding hydrogens is 292 g/mol. The topological polar surface area (TPSA) is 84.5 Å². The van der Waals surface area contributed by atoms with Crippen LogP contribution >= 0.6 is 11.3 Å². The summed E-state index contributed by atoms with van der Waals surface area (Å²) < 4.78 is 4.95. The SMILES string of the molecule is C=CCNC(=O)C(C)OC(=O)CCNC(=O)c1cccs1. The van der Waals surface area contributed by atoms with E-state index >= 15 is 0 Å². The van der Waals surface area contributed by atoms with Crippen molar-refractivity contribution >= 4 is 29.1 Å². The van der Waals surface area contributed by atoms with Crippen LogP contribution in [0.2, 0.25) is 0 Å². The van der Waals surface area contributed by atoms with Crippen LogP contribution in [0.3, 0.4) is 0 Å². The fraction of sp³-hybridized carbons (Fsp3) is 0.357. The summed E-state index contributed by atoms with van der Waals surface area (Å²) >= 11 is 1.32. The first-order valence-corrected chi connectivity index (χ1v) is 7.32. The number of hydrogen-bond donors (Lipinski definition) is 2. The Kier molecular flexibility index (Phi) is 7.17. The molecule has 1 aromatic heterocycles. The van der Waals surface area contributed by atoms with Gasteiger partial charge in [-0.05, 0) is 18.4 Å². The third-order valence-electron chi connectivity index (χ3n) is 2.46. The van der Waals surface area contributed by atoms with Crippen molar-refractivity contribution in [3.05, 3.63) is 35.0 Å². The number of esters is 1. The van der Waals surface area contributed by atoms with E-state index in [9.17, 15) is 14.4 Å². The Morgan fingerprint density at radius 3 is 2.81 bits per heavy atom. The Balaban J connectivity index is 2.23. The highest BCUT2D eigenvalue weighted by atomic mass is 32.1. The molecule has 0 radical (unpaired) electrons. The van der Waals surface area contributed by atoms with Crippen molar-refractivity contribution in [1.82, 2.24) is 10.6 Å². The zero-order chi connectivity index (χ0) is 15.7. The number of carbonyl (C=O) groups excluding carboxylic acids is 3. The van der Waals surface area contributed by atoms with Crippen molar-refractivity contribution in [2.75, 3.05) is 13.1 Å². The Morgan fingerprint density at radius 2 is 2.19 bits per heavy atom. The lowest BCUT2D eigenvalue weighted by molar-refractivity contribution is -0.154. The van der Waals surface area contributed by atoms with Gasteiger partial charge in [0.1, 0.15) is 0 Å². The molecule has 0 spiro atoms. The van der Waals surface area contributed by atoms with Crippen LogP contribution in [0.1, 0.15) is 23.0 Å². The molecule has 0 aromatic carbocycles. The number of nitrogens with one attached hydrogen (secondary N) is 2. The zero-order valence-corrected chi connectivity index (χ0v) is 12.6. The first-order chi connectivity index (χ1) is 10.0. The van der Waals surface area contributed by atoms with E-state index in [1.165, 1.54) is 24.3 Å². The summed E-state index contributed by atoms with van der Waals surface area (Å²) in [6.07, 6.45) is 0.674. The molecule has 1 unspecified atom stereocenters. The average Bonchev–Trinajstić information content (AvgIpc) is 2.98. The molecule has 2 amide bonds. The maximum Gasteiger partial charge on any atom is 0.308 e. The summed E-state index contributed by atoms with van der Waals surface area (Å²) in [4.78, 5) is 35.2. The molecular formula is C14H18N2O4S. The predicted molar refractivity (Wildman–Crippen MR) is 80.0 cm³/mol. The molecule has 0 saturated carbocycles. The molecule has 1 heterocycles. The number of amides is 2. The Labute approximate surface area is 127 Å². The summed E-state index contributed by atoms with van der Waals surface area (Å²) in [5.41, 5.74) is 0. The summed E-state index contributed by atoms with van der Waals surface area (Å²) in [6, 6.07) is 3.47. The van der Waals surface area contributed by atoms with Gasteiger partial charge < -0.3 is 15.4 Å². The maximum absolute atomic E-state index is 11.6. The van der Waals surface area contributed by atoms with Crippen molar-refractivity contribution in [3.63, 3.8) is 0 Å². The second-order valence-corrected chi connectivity index (χ2v) is 5.10. The number of carbonyl (C=O) groups is 3. The minimum absolute atomic E-state index is 0.0101. The summed E-state index contributed by atoms with van der Waals surface area (Å²) in [5.74, 6) is -1.15. The first kappa shape index (κ1) is 16.9. The van der Waals surface area contributed by atoms with Crippen LogP contribution in [0.25, 0.3) is 0 Å². The van der Waals surface area contributed by atoms with Gasteiger partial charge >= 0.3 is 5.97 Å². The minimum Gasteiger partial charge on any atom is -0.452 e. The molecule has 7 heteroatoms. The lowest BCUT2D eigenvalue weighted by Gasteiger charge is -2.12. The molecule has 1 rings (SSSR count). The molecule has 0 aliphatic heterocycles. The summed E-state index contributed by atoms with van der Waals surface area (Å²) in [7, 11) is 0. The van der Waals surface area contributed by atoms with Crippen molar-refractivity contribution in [1.29, 1.82) is 0 Å². The average molecular weight is 310 g/mol. The lowest BCUT2D eigenvalue weighted by atomic mass is 10.3. The Bertz CT molecular complexity index is 499. The normalized spacial score (nSPS) is 11.3.